The van der Waals surface area contributed by atoms with E-state index in [9.17, 15) is 22.8 Å². The van der Waals surface area contributed by atoms with Gasteiger partial charge in [0.05, 0.1) is 5.56 Å². The van der Waals surface area contributed by atoms with Crippen LogP contribution < -0.4 is 10.0 Å². The van der Waals surface area contributed by atoms with Crippen molar-refractivity contribution in [1.82, 2.24) is 0 Å². The van der Waals surface area contributed by atoms with Gasteiger partial charge in [-0.05, 0) is 61.7 Å². The molecule has 8 nitrogen and oxygen atoms in total. The van der Waals surface area contributed by atoms with Crippen LogP contribution in [0.2, 0.25) is 0 Å². The van der Waals surface area contributed by atoms with E-state index in [2.05, 4.69) is 10.0 Å². The van der Waals surface area contributed by atoms with Crippen LogP contribution in [0.25, 0.3) is 0 Å². The Morgan fingerprint density at radius 2 is 1.66 bits per heavy atom. The fourth-order valence-electron chi connectivity index (χ4n) is 2.64. The molecule has 2 N–H and O–H groups in total. The molecule has 3 aromatic rings. The number of sulfonamides is 1. The predicted octanol–water partition coefficient (Wildman–Crippen LogP) is 3.94. The largest absolute Gasteiger partial charge is 0.449 e. The molecule has 0 saturated carbocycles. The Hall–Kier alpha value is -3.50. The standard InChI is InChI=1S/C22H20N2O6S2/c1-14(25)17-5-3-6-19(13-17)23-21(26)15(2)30-22(27)16-8-10-18(11-9-16)24-32(28,29)20-7-4-12-31-20/h3-13,15,24H,1-2H3,(H,23,26). The number of ketones is 1. The summed E-state index contributed by atoms with van der Waals surface area (Å²) in [6, 6.07) is 15.2. The van der Waals surface area contributed by atoms with E-state index in [0.29, 0.717) is 11.3 Å². The van der Waals surface area contributed by atoms with Gasteiger partial charge in [-0.2, -0.15) is 0 Å². The number of carbonyl (C=O) groups is 3. The molecular formula is C22H20N2O6S2. The van der Waals surface area contributed by atoms with Crippen molar-refractivity contribution in [3.63, 3.8) is 0 Å². The third kappa shape index (κ3) is 5.80. The van der Waals surface area contributed by atoms with Crippen LogP contribution >= 0.6 is 11.3 Å². The topological polar surface area (TPSA) is 119 Å². The maximum atomic E-state index is 12.4. The molecule has 10 heteroatoms. The molecule has 1 amide bonds. The van der Waals surface area contributed by atoms with Crippen molar-refractivity contribution in [3.8, 4) is 0 Å². The lowest BCUT2D eigenvalue weighted by Gasteiger charge is -2.14. The quantitative estimate of drug-likeness (QED) is 0.379. The van der Waals surface area contributed by atoms with Crippen LogP contribution in [0.15, 0.2) is 70.3 Å². The molecule has 1 heterocycles. The fourth-order valence-corrected chi connectivity index (χ4v) is 4.69. The van der Waals surface area contributed by atoms with Crippen molar-refractivity contribution in [2.45, 2.75) is 24.2 Å². The van der Waals surface area contributed by atoms with E-state index < -0.39 is 28.0 Å². The second-order valence-corrected chi connectivity index (χ2v) is 9.65. The SMILES string of the molecule is CC(=O)c1cccc(NC(=O)C(C)OC(=O)c2ccc(NS(=O)(=O)c3cccs3)cc2)c1. The molecule has 0 spiro atoms. The van der Waals surface area contributed by atoms with Gasteiger partial charge in [0, 0.05) is 16.9 Å². The zero-order valence-corrected chi connectivity index (χ0v) is 18.8. The van der Waals surface area contributed by atoms with Crippen molar-refractivity contribution >= 4 is 50.4 Å². The zero-order valence-electron chi connectivity index (χ0n) is 17.2. The third-order valence-corrected chi connectivity index (χ3v) is 7.10. The van der Waals surface area contributed by atoms with E-state index in [1.807, 2.05) is 0 Å². The minimum absolute atomic E-state index is 0.137. The second kappa shape index (κ2) is 9.75. The molecule has 1 unspecified atom stereocenters. The number of Topliss-reactive ketones (excluding diaryl/α,β-unsaturated/α-hetero) is 1. The zero-order chi connectivity index (χ0) is 23.3. The van der Waals surface area contributed by atoms with Crippen LogP contribution in [-0.4, -0.2) is 32.2 Å². The first-order valence-corrected chi connectivity index (χ1v) is 11.8. The van der Waals surface area contributed by atoms with Gasteiger partial charge in [-0.3, -0.25) is 14.3 Å². The van der Waals surface area contributed by atoms with E-state index in [0.717, 1.165) is 11.3 Å². The van der Waals surface area contributed by atoms with Gasteiger partial charge in [0.25, 0.3) is 15.9 Å². The Bertz CT molecular complexity index is 1240. The second-order valence-electron chi connectivity index (χ2n) is 6.79. The first-order valence-electron chi connectivity index (χ1n) is 9.45. The van der Waals surface area contributed by atoms with Crippen molar-refractivity contribution in [3.05, 3.63) is 77.2 Å². The number of nitrogens with one attached hydrogen (secondary N) is 2. The number of rotatable bonds is 8. The Morgan fingerprint density at radius 1 is 0.938 bits per heavy atom. The summed E-state index contributed by atoms with van der Waals surface area (Å²) in [5.41, 5.74) is 1.30. The molecule has 0 bridgehead atoms. The van der Waals surface area contributed by atoms with Crippen molar-refractivity contribution in [2.24, 2.45) is 0 Å². The molecule has 1 aromatic heterocycles. The van der Waals surface area contributed by atoms with Crippen LogP contribution in [0, 0.1) is 0 Å². The first kappa shape index (κ1) is 23.2. The third-order valence-electron chi connectivity index (χ3n) is 4.32. The Morgan fingerprint density at radius 3 is 2.28 bits per heavy atom. The molecule has 0 aliphatic carbocycles. The van der Waals surface area contributed by atoms with Crippen LogP contribution in [-0.2, 0) is 19.6 Å². The van der Waals surface area contributed by atoms with Gasteiger partial charge in [-0.1, -0.05) is 18.2 Å². The van der Waals surface area contributed by atoms with Gasteiger partial charge in [0.15, 0.2) is 11.9 Å². The Labute approximate surface area is 189 Å². The summed E-state index contributed by atoms with van der Waals surface area (Å²) in [6.45, 7) is 2.84. The average Bonchev–Trinajstić information content (AvgIpc) is 3.30. The van der Waals surface area contributed by atoms with Gasteiger partial charge < -0.3 is 10.1 Å². The average molecular weight is 473 g/mol. The predicted molar refractivity (Wildman–Crippen MR) is 122 cm³/mol. The lowest BCUT2D eigenvalue weighted by atomic mass is 10.1. The lowest BCUT2D eigenvalue weighted by Crippen LogP contribution is -2.30. The monoisotopic (exact) mass is 472 g/mol. The molecule has 0 radical (unpaired) electrons. The van der Waals surface area contributed by atoms with E-state index in [1.54, 1.807) is 29.6 Å². The van der Waals surface area contributed by atoms with E-state index in [1.165, 1.54) is 50.2 Å². The van der Waals surface area contributed by atoms with E-state index >= 15 is 0 Å². The maximum absolute atomic E-state index is 12.4. The minimum Gasteiger partial charge on any atom is -0.449 e. The van der Waals surface area contributed by atoms with Crippen LogP contribution in [0.5, 0.6) is 0 Å². The molecule has 3 rings (SSSR count). The molecule has 0 saturated heterocycles. The number of thiophene rings is 1. The van der Waals surface area contributed by atoms with Crippen LogP contribution in [0.4, 0.5) is 11.4 Å². The highest BCUT2D eigenvalue weighted by atomic mass is 32.2. The van der Waals surface area contributed by atoms with E-state index in [-0.39, 0.29) is 21.2 Å². The number of amides is 1. The highest BCUT2D eigenvalue weighted by Crippen LogP contribution is 2.21. The van der Waals surface area contributed by atoms with Gasteiger partial charge in [0.2, 0.25) is 0 Å². The highest BCUT2D eigenvalue weighted by Gasteiger charge is 2.20. The van der Waals surface area contributed by atoms with Crippen LogP contribution in [0.1, 0.15) is 34.6 Å². The minimum atomic E-state index is -3.69. The van der Waals surface area contributed by atoms with E-state index in [4.69, 9.17) is 4.74 Å². The van der Waals surface area contributed by atoms with Crippen molar-refractivity contribution in [2.75, 3.05) is 10.0 Å². The molecule has 0 aliphatic heterocycles. The molecular weight excluding hydrogens is 452 g/mol. The highest BCUT2D eigenvalue weighted by molar-refractivity contribution is 7.94. The summed E-state index contributed by atoms with van der Waals surface area (Å²) in [6.07, 6.45) is -1.10. The lowest BCUT2D eigenvalue weighted by molar-refractivity contribution is -0.123. The molecule has 0 aliphatic rings. The maximum Gasteiger partial charge on any atom is 0.338 e. The van der Waals surface area contributed by atoms with Crippen molar-refractivity contribution < 1.29 is 27.5 Å². The summed E-state index contributed by atoms with van der Waals surface area (Å²) in [5, 5.41) is 4.26. The number of hydrogen-bond donors (Lipinski definition) is 2. The number of hydrogen-bond acceptors (Lipinski definition) is 7. The van der Waals surface area contributed by atoms with Gasteiger partial charge in [0.1, 0.15) is 4.21 Å². The van der Waals surface area contributed by atoms with Gasteiger partial charge in [-0.15, -0.1) is 11.3 Å². The van der Waals surface area contributed by atoms with Gasteiger partial charge in [-0.25, -0.2) is 13.2 Å². The summed E-state index contributed by atoms with van der Waals surface area (Å²) in [5.74, 6) is -1.43. The Balaban J connectivity index is 1.59. The smallest absolute Gasteiger partial charge is 0.338 e. The number of benzene rings is 2. The summed E-state index contributed by atoms with van der Waals surface area (Å²) < 4.78 is 32.3. The molecule has 166 valence electrons. The number of anilines is 2. The molecule has 2 aromatic carbocycles. The number of esters is 1. The first-order chi connectivity index (χ1) is 15.2. The molecule has 32 heavy (non-hydrogen) atoms. The van der Waals surface area contributed by atoms with Crippen LogP contribution in [0.3, 0.4) is 0 Å². The molecule has 1 atom stereocenters. The Kier molecular flexibility index (Phi) is 7.06. The van der Waals surface area contributed by atoms with Crippen molar-refractivity contribution in [1.29, 1.82) is 0 Å². The molecule has 0 fully saturated rings. The summed E-state index contributed by atoms with van der Waals surface area (Å²) in [4.78, 5) is 36.2. The number of carbonyl (C=O) groups excluding carboxylic acids is 3. The summed E-state index contributed by atoms with van der Waals surface area (Å²) >= 11 is 1.09. The summed E-state index contributed by atoms with van der Waals surface area (Å²) in [7, 11) is -3.69. The van der Waals surface area contributed by atoms with Gasteiger partial charge >= 0.3 is 5.97 Å². The normalized spacial score (nSPS) is 11.9. The number of ether oxygens (including phenoxy) is 1. The fraction of sp³-hybridized carbons (Fsp3) is 0.136.